The number of amides is 1. The van der Waals surface area contributed by atoms with Gasteiger partial charge < -0.3 is 10.6 Å². The van der Waals surface area contributed by atoms with Crippen LogP contribution in [0.2, 0.25) is 0 Å². The Morgan fingerprint density at radius 1 is 1.55 bits per heavy atom. The number of carbonyl (C=O) groups is 1. The highest BCUT2D eigenvalue weighted by atomic mass is 16.6. The van der Waals surface area contributed by atoms with E-state index < -0.39 is 4.92 Å². The van der Waals surface area contributed by atoms with E-state index in [0.29, 0.717) is 18.7 Å². The quantitative estimate of drug-likeness (QED) is 0.645. The third kappa shape index (κ3) is 2.80. The summed E-state index contributed by atoms with van der Waals surface area (Å²) in [5.41, 5.74) is 1.09. The second kappa shape index (κ2) is 5.58. The Hall–Kier alpha value is -1.95. The first kappa shape index (κ1) is 14.5. The molecule has 2 N–H and O–H groups in total. The number of rotatable bonds is 4. The first-order valence-corrected chi connectivity index (χ1v) is 6.66. The van der Waals surface area contributed by atoms with Gasteiger partial charge in [0.05, 0.1) is 10.3 Å². The van der Waals surface area contributed by atoms with Crippen molar-refractivity contribution in [2.45, 2.75) is 26.8 Å². The van der Waals surface area contributed by atoms with Crippen molar-refractivity contribution < 1.29 is 9.72 Å². The molecule has 0 bridgehead atoms. The van der Waals surface area contributed by atoms with E-state index in [1.807, 2.05) is 6.92 Å². The molecule has 0 aliphatic carbocycles. The van der Waals surface area contributed by atoms with Crippen LogP contribution in [-0.4, -0.2) is 23.9 Å². The van der Waals surface area contributed by atoms with E-state index in [-0.39, 0.29) is 17.0 Å². The minimum Gasteiger partial charge on any atom is -0.351 e. The Labute approximate surface area is 117 Å². The van der Waals surface area contributed by atoms with Crippen LogP contribution in [0.5, 0.6) is 0 Å². The highest BCUT2D eigenvalue weighted by Crippen LogP contribution is 2.25. The number of nitro groups is 1. The predicted octanol–water partition coefficient (Wildman–Crippen LogP) is 1.52. The standard InChI is InChI=1S/C14H19N3O3/c1-10-11(4-3-5-12(10)17(19)20)8-16-13(18)14(2)6-7-15-9-14/h3-5,15H,6-9H2,1-2H3,(H,16,18). The molecule has 6 nitrogen and oxygen atoms in total. The normalized spacial score (nSPS) is 21.7. The average molecular weight is 277 g/mol. The Balaban J connectivity index is 2.06. The number of carbonyl (C=O) groups excluding carboxylic acids is 1. The van der Waals surface area contributed by atoms with Crippen LogP contribution in [0.15, 0.2) is 18.2 Å². The molecule has 0 saturated carbocycles. The molecule has 108 valence electrons. The molecule has 2 rings (SSSR count). The summed E-state index contributed by atoms with van der Waals surface area (Å²) in [6.45, 7) is 5.48. The van der Waals surface area contributed by atoms with Gasteiger partial charge >= 0.3 is 0 Å². The summed E-state index contributed by atoms with van der Waals surface area (Å²) in [6, 6.07) is 4.92. The number of hydrogen-bond donors (Lipinski definition) is 2. The zero-order chi connectivity index (χ0) is 14.8. The third-order valence-corrected chi connectivity index (χ3v) is 3.97. The van der Waals surface area contributed by atoms with E-state index in [1.54, 1.807) is 19.1 Å². The van der Waals surface area contributed by atoms with Crippen LogP contribution < -0.4 is 10.6 Å². The molecule has 1 aromatic rings. The SMILES string of the molecule is Cc1c(CNC(=O)C2(C)CCNC2)cccc1[N+](=O)[O-]. The second-order valence-electron chi connectivity index (χ2n) is 5.49. The number of hydrogen-bond acceptors (Lipinski definition) is 4. The number of nitrogens with zero attached hydrogens (tertiary/aromatic N) is 1. The molecule has 1 aliphatic rings. The molecule has 1 fully saturated rings. The zero-order valence-corrected chi connectivity index (χ0v) is 11.7. The minimum atomic E-state index is -0.400. The molecule has 1 aliphatic heterocycles. The molecule has 0 radical (unpaired) electrons. The molecule has 1 unspecified atom stereocenters. The van der Waals surface area contributed by atoms with Gasteiger partial charge in [0.2, 0.25) is 5.91 Å². The van der Waals surface area contributed by atoms with E-state index in [1.165, 1.54) is 6.07 Å². The summed E-state index contributed by atoms with van der Waals surface area (Å²) in [5, 5.41) is 16.9. The minimum absolute atomic E-state index is 0.00611. The van der Waals surface area contributed by atoms with Crippen molar-refractivity contribution in [1.82, 2.24) is 10.6 Å². The zero-order valence-electron chi connectivity index (χ0n) is 11.7. The smallest absolute Gasteiger partial charge is 0.272 e. The van der Waals surface area contributed by atoms with Gasteiger partial charge in [0.1, 0.15) is 0 Å². The maximum Gasteiger partial charge on any atom is 0.272 e. The van der Waals surface area contributed by atoms with Crippen molar-refractivity contribution in [2.75, 3.05) is 13.1 Å². The summed E-state index contributed by atoms with van der Waals surface area (Å²) in [6.07, 6.45) is 0.812. The molecule has 1 heterocycles. The summed E-state index contributed by atoms with van der Waals surface area (Å²) in [4.78, 5) is 22.7. The maximum absolute atomic E-state index is 12.2. The van der Waals surface area contributed by atoms with Gasteiger partial charge in [0.15, 0.2) is 0 Å². The van der Waals surface area contributed by atoms with Gasteiger partial charge in [-0.25, -0.2) is 0 Å². The third-order valence-electron chi connectivity index (χ3n) is 3.97. The molecular weight excluding hydrogens is 258 g/mol. The van der Waals surface area contributed by atoms with Gasteiger partial charge in [-0.1, -0.05) is 12.1 Å². The lowest BCUT2D eigenvalue weighted by Crippen LogP contribution is -2.40. The van der Waals surface area contributed by atoms with E-state index in [0.717, 1.165) is 18.5 Å². The lowest BCUT2D eigenvalue weighted by Gasteiger charge is -2.21. The molecule has 0 aromatic heterocycles. The van der Waals surface area contributed by atoms with Crippen molar-refractivity contribution in [3.05, 3.63) is 39.4 Å². The molecule has 20 heavy (non-hydrogen) atoms. The fourth-order valence-electron chi connectivity index (χ4n) is 2.46. The van der Waals surface area contributed by atoms with Crippen LogP contribution in [0, 0.1) is 22.5 Å². The van der Waals surface area contributed by atoms with Crippen molar-refractivity contribution in [2.24, 2.45) is 5.41 Å². The molecule has 1 atom stereocenters. The van der Waals surface area contributed by atoms with Crippen LogP contribution in [-0.2, 0) is 11.3 Å². The van der Waals surface area contributed by atoms with Crippen LogP contribution in [0.1, 0.15) is 24.5 Å². The molecule has 1 saturated heterocycles. The maximum atomic E-state index is 12.2. The van der Waals surface area contributed by atoms with Crippen LogP contribution in [0.3, 0.4) is 0 Å². The van der Waals surface area contributed by atoms with Gasteiger partial charge in [0.25, 0.3) is 5.69 Å². The monoisotopic (exact) mass is 277 g/mol. The lowest BCUT2D eigenvalue weighted by molar-refractivity contribution is -0.385. The Morgan fingerprint density at radius 2 is 2.30 bits per heavy atom. The van der Waals surface area contributed by atoms with Crippen molar-refractivity contribution >= 4 is 11.6 Å². The Morgan fingerprint density at radius 3 is 2.90 bits per heavy atom. The fraction of sp³-hybridized carbons (Fsp3) is 0.500. The summed E-state index contributed by atoms with van der Waals surface area (Å²) in [7, 11) is 0. The summed E-state index contributed by atoms with van der Waals surface area (Å²) in [5.74, 6) is -0.00611. The molecule has 0 spiro atoms. The largest absolute Gasteiger partial charge is 0.351 e. The average Bonchev–Trinajstić information content (AvgIpc) is 2.85. The van der Waals surface area contributed by atoms with Crippen LogP contribution in [0.25, 0.3) is 0 Å². The van der Waals surface area contributed by atoms with Crippen LogP contribution in [0.4, 0.5) is 5.69 Å². The Kier molecular flexibility index (Phi) is 4.04. The number of nitro benzene ring substituents is 1. The van der Waals surface area contributed by atoms with Gasteiger partial charge in [-0.15, -0.1) is 0 Å². The first-order valence-electron chi connectivity index (χ1n) is 6.66. The van der Waals surface area contributed by atoms with Gasteiger partial charge in [-0.05, 0) is 32.4 Å². The molecule has 1 aromatic carbocycles. The van der Waals surface area contributed by atoms with E-state index >= 15 is 0 Å². The van der Waals surface area contributed by atoms with Crippen LogP contribution >= 0.6 is 0 Å². The first-order chi connectivity index (χ1) is 9.44. The summed E-state index contributed by atoms with van der Waals surface area (Å²) >= 11 is 0. The topological polar surface area (TPSA) is 84.3 Å². The lowest BCUT2D eigenvalue weighted by atomic mass is 9.88. The number of nitrogens with one attached hydrogen (secondary N) is 2. The van der Waals surface area contributed by atoms with Crippen molar-refractivity contribution in [3.63, 3.8) is 0 Å². The van der Waals surface area contributed by atoms with Crippen molar-refractivity contribution in [1.29, 1.82) is 0 Å². The second-order valence-corrected chi connectivity index (χ2v) is 5.49. The number of benzene rings is 1. The van der Waals surface area contributed by atoms with E-state index in [2.05, 4.69) is 10.6 Å². The van der Waals surface area contributed by atoms with Gasteiger partial charge in [0, 0.05) is 24.7 Å². The van der Waals surface area contributed by atoms with Gasteiger partial charge in [-0.3, -0.25) is 14.9 Å². The molecule has 1 amide bonds. The Bertz CT molecular complexity index is 536. The highest BCUT2D eigenvalue weighted by Gasteiger charge is 2.36. The van der Waals surface area contributed by atoms with Crippen molar-refractivity contribution in [3.8, 4) is 0 Å². The fourth-order valence-corrected chi connectivity index (χ4v) is 2.46. The molecule has 6 heteroatoms. The highest BCUT2D eigenvalue weighted by molar-refractivity contribution is 5.82. The van der Waals surface area contributed by atoms with E-state index in [4.69, 9.17) is 0 Å². The van der Waals surface area contributed by atoms with E-state index in [9.17, 15) is 14.9 Å². The molecular formula is C14H19N3O3. The summed E-state index contributed by atoms with van der Waals surface area (Å²) < 4.78 is 0. The van der Waals surface area contributed by atoms with Gasteiger partial charge in [-0.2, -0.15) is 0 Å². The predicted molar refractivity (Wildman–Crippen MR) is 75.3 cm³/mol.